The maximum Gasteiger partial charge on any atom is 0.352 e. The third-order valence-corrected chi connectivity index (χ3v) is 3.33. The quantitative estimate of drug-likeness (QED) is 0.905. The zero-order valence-electron chi connectivity index (χ0n) is 8.74. The molecule has 0 saturated carbocycles. The summed E-state index contributed by atoms with van der Waals surface area (Å²) in [4.78, 5) is 11.0. The summed E-state index contributed by atoms with van der Waals surface area (Å²) in [5, 5.41) is 9.01. The number of nitrogens with zero attached hydrogens (tertiary/aromatic N) is 1. The topological polar surface area (TPSA) is 42.2 Å². The maximum absolute atomic E-state index is 11.0. The van der Waals surface area contributed by atoms with Crippen LogP contribution in [-0.4, -0.2) is 27.7 Å². The molecular weight excluding hydrogens is 278 g/mol. The SMILES string of the molecule is CSCCC(C)n1cc(Br)cc1C(=O)O. The number of rotatable bonds is 5. The molecule has 0 aliphatic rings. The van der Waals surface area contributed by atoms with Crippen molar-refractivity contribution in [3.63, 3.8) is 0 Å². The number of carbonyl (C=O) groups is 1. The van der Waals surface area contributed by atoms with E-state index in [2.05, 4.69) is 22.2 Å². The van der Waals surface area contributed by atoms with Crippen LogP contribution in [0.15, 0.2) is 16.7 Å². The van der Waals surface area contributed by atoms with Gasteiger partial charge in [-0.3, -0.25) is 0 Å². The number of aromatic nitrogens is 1. The van der Waals surface area contributed by atoms with Gasteiger partial charge >= 0.3 is 5.97 Å². The van der Waals surface area contributed by atoms with E-state index < -0.39 is 5.97 Å². The molecule has 0 radical (unpaired) electrons. The van der Waals surface area contributed by atoms with Crippen molar-refractivity contribution in [2.24, 2.45) is 0 Å². The van der Waals surface area contributed by atoms with Crippen molar-refractivity contribution in [2.45, 2.75) is 19.4 Å². The van der Waals surface area contributed by atoms with E-state index in [4.69, 9.17) is 5.11 Å². The second kappa shape index (κ2) is 5.61. The van der Waals surface area contributed by atoms with Crippen LogP contribution in [0, 0.1) is 0 Å². The number of halogens is 1. The molecule has 0 bridgehead atoms. The van der Waals surface area contributed by atoms with Gasteiger partial charge in [-0.25, -0.2) is 4.79 Å². The van der Waals surface area contributed by atoms with Crippen molar-refractivity contribution in [2.75, 3.05) is 12.0 Å². The molecule has 0 amide bonds. The third-order valence-electron chi connectivity index (χ3n) is 2.25. The Kier molecular flexibility index (Phi) is 4.73. The summed E-state index contributed by atoms with van der Waals surface area (Å²) in [7, 11) is 0. The van der Waals surface area contributed by atoms with Gasteiger partial charge in [0, 0.05) is 16.7 Å². The van der Waals surface area contributed by atoms with Crippen molar-refractivity contribution in [1.29, 1.82) is 0 Å². The molecule has 0 spiro atoms. The summed E-state index contributed by atoms with van der Waals surface area (Å²) >= 11 is 5.07. The molecule has 3 nitrogen and oxygen atoms in total. The fraction of sp³-hybridized carbons (Fsp3) is 0.500. The van der Waals surface area contributed by atoms with Crippen molar-refractivity contribution >= 4 is 33.7 Å². The fourth-order valence-corrected chi connectivity index (χ4v) is 2.42. The van der Waals surface area contributed by atoms with Gasteiger partial charge in [0.15, 0.2) is 0 Å². The molecule has 0 saturated heterocycles. The Labute approximate surface area is 102 Å². The van der Waals surface area contributed by atoms with E-state index in [9.17, 15) is 4.79 Å². The third kappa shape index (κ3) is 3.28. The highest BCUT2D eigenvalue weighted by Gasteiger charge is 2.15. The lowest BCUT2D eigenvalue weighted by Crippen LogP contribution is -2.12. The number of thioether (sulfide) groups is 1. The van der Waals surface area contributed by atoms with E-state index in [1.165, 1.54) is 0 Å². The van der Waals surface area contributed by atoms with Crippen LogP contribution in [-0.2, 0) is 0 Å². The molecule has 0 aromatic carbocycles. The van der Waals surface area contributed by atoms with E-state index >= 15 is 0 Å². The van der Waals surface area contributed by atoms with Gasteiger partial charge in [0.1, 0.15) is 5.69 Å². The van der Waals surface area contributed by atoms with Gasteiger partial charge in [0.05, 0.1) is 0 Å². The lowest BCUT2D eigenvalue weighted by atomic mass is 10.2. The first-order chi connectivity index (χ1) is 7.06. The Hall–Kier alpha value is -0.420. The van der Waals surface area contributed by atoms with E-state index in [0.29, 0.717) is 5.69 Å². The Morgan fingerprint density at radius 2 is 2.40 bits per heavy atom. The Morgan fingerprint density at radius 1 is 1.73 bits per heavy atom. The molecular formula is C10H14BrNO2S. The molecule has 1 heterocycles. The van der Waals surface area contributed by atoms with Crippen LogP contribution in [0.25, 0.3) is 0 Å². The van der Waals surface area contributed by atoms with Crippen molar-refractivity contribution in [1.82, 2.24) is 4.57 Å². The fourth-order valence-electron chi connectivity index (χ4n) is 1.41. The first-order valence-electron chi connectivity index (χ1n) is 4.66. The van der Waals surface area contributed by atoms with Crippen LogP contribution in [0.3, 0.4) is 0 Å². The Morgan fingerprint density at radius 3 is 2.93 bits per heavy atom. The normalized spacial score (nSPS) is 12.7. The van der Waals surface area contributed by atoms with Gasteiger partial charge < -0.3 is 9.67 Å². The highest BCUT2D eigenvalue weighted by atomic mass is 79.9. The molecule has 5 heteroatoms. The first-order valence-corrected chi connectivity index (χ1v) is 6.84. The van der Waals surface area contributed by atoms with Gasteiger partial charge in [0.25, 0.3) is 0 Å². The van der Waals surface area contributed by atoms with Crippen LogP contribution >= 0.6 is 27.7 Å². The summed E-state index contributed by atoms with van der Waals surface area (Å²) in [6, 6.07) is 1.85. The van der Waals surface area contributed by atoms with Crippen molar-refractivity contribution in [3.05, 3.63) is 22.4 Å². The van der Waals surface area contributed by atoms with Crippen molar-refractivity contribution < 1.29 is 9.90 Å². The summed E-state index contributed by atoms with van der Waals surface area (Å²) in [6.45, 7) is 2.04. The second-order valence-corrected chi connectivity index (χ2v) is 5.29. The van der Waals surface area contributed by atoms with Gasteiger partial charge in [-0.2, -0.15) is 11.8 Å². The van der Waals surface area contributed by atoms with Gasteiger partial charge in [-0.05, 0) is 47.3 Å². The minimum Gasteiger partial charge on any atom is -0.477 e. The predicted octanol–water partition coefficient (Wildman–Crippen LogP) is 3.26. The molecule has 1 atom stereocenters. The molecule has 15 heavy (non-hydrogen) atoms. The number of hydrogen-bond acceptors (Lipinski definition) is 2. The van der Waals surface area contributed by atoms with Crippen molar-refractivity contribution in [3.8, 4) is 0 Å². The lowest BCUT2D eigenvalue weighted by Gasteiger charge is -2.14. The van der Waals surface area contributed by atoms with Crippen LogP contribution in [0.4, 0.5) is 0 Å². The van der Waals surface area contributed by atoms with Crippen LogP contribution in [0.5, 0.6) is 0 Å². The molecule has 1 aromatic heterocycles. The molecule has 1 rings (SSSR count). The van der Waals surface area contributed by atoms with E-state index in [-0.39, 0.29) is 6.04 Å². The van der Waals surface area contributed by atoms with E-state index in [1.807, 2.05) is 17.7 Å². The monoisotopic (exact) mass is 291 g/mol. The summed E-state index contributed by atoms with van der Waals surface area (Å²) in [5.41, 5.74) is 0.343. The summed E-state index contributed by atoms with van der Waals surface area (Å²) in [6.07, 6.45) is 4.85. The Bertz CT molecular complexity index is 351. The summed E-state index contributed by atoms with van der Waals surface area (Å²) in [5.74, 6) is 0.160. The minimum atomic E-state index is -0.878. The molecule has 84 valence electrons. The molecule has 0 fully saturated rings. The van der Waals surface area contributed by atoms with E-state index in [0.717, 1.165) is 16.6 Å². The van der Waals surface area contributed by atoms with Gasteiger partial charge in [-0.15, -0.1) is 0 Å². The molecule has 1 aromatic rings. The average Bonchev–Trinajstić information content (AvgIpc) is 2.57. The Balaban J connectivity index is 2.86. The smallest absolute Gasteiger partial charge is 0.352 e. The van der Waals surface area contributed by atoms with Crippen LogP contribution in [0.2, 0.25) is 0 Å². The average molecular weight is 292 g/mol. The molecule has 1 unspecified atom stereocenters. The number of aromatic carboxylic acids is 1. The minimum absolute atomic E-state index is 0.217. The van der Waals surface area contributed by atoms with Gasteiger partial charge in [-0.1, -0.05) is 0 Å². The number of hydrogen-bond donors (Lipinski definition) is 1. The first kappa shape index (κ1) is 12.6. The van der Waals surface area contributed by atoms with Crippen LogP contribution < -0.4 is 0 Å². The second-order valence-electron chi connectivity index (χ2n) is 3.39. The number of carboxylic acids is 1. The largest absolute Gasteiger partial charge is 0.477 e. The van der Waals surface area contributed by atoms with E-state index in [1.54, 1.807) is 17.8 Å². The van der Waals surface area contributed by atoms with Gasteiger partial charge in [0.2, 0.25) is 0 Å². The standard InChI is InChI=1S/C10H14BrNO2S/c1-7(3-4-15-2)12-6-8(11)5-9(12)10(13)14/h5-7H,3-4H2,1-2H3,(H,13,14). The highest BCUT2D eigenvalue weighted by molar-refractivity contribution is 9.10. The summed E-state index contributed by atoms with van der Waals surface area (Å²) < 4.78 is 2.62. The lowest BCUT2D eigenvalue weighted by molar-refractivity contribution is 0.0683. The predicted molar refractivity (Wildman–Crippen MR) is 66.8 cm³/mol. The zero-order chi connectivity index (χ0) is 11.4. The highest BCUT2D eigenvalue weighted by Crippen LogP contribution is 2.22. The zero-order valence-corrected chi connectivity index (χ0v) is 11.1. The maximum atomic E-state index is 11.0. The molecule has 0 aliphatic heterocycles. The molecule has 1 N–H and O–H groups in total. The number of carboxylic acid groups (broad SMARTS) is 1. The molecule has 0 aliphatic carbocycles. The van der Waals surface area contributed by atoms with Crippen LogP contribution in [0.1, 0.15) is 29.9 Å².